The van der Waals surface area contributed by atoms with Crippen LogP contribution in [-0.2, 0) is 66.0 Å². The number of ether oxygens (including phenoxy) is 7. The highest BCUT2D eigenvalue weighted by molar-refractivity contribution is 8.00. The number of carbonyl (C=O) groups is 5. The van der Waals surface area contributed by atoms with Gasteiger partial charge in [-0.2, -0.15) is 5.26 Å². The van der Waals surface area contributed by atoms with Crippen LogP contribution in [0.5, 0.6) is 0 Å². The van der Waals surface area contributed by atoms with Crippen LogP contribution in [-0.4, -0.2) is 118 Å². The fourth-order valence-corrected chi connectivity index (χ4v) is 12.6. The fourth-order valence-electron chi connectivity index (χ4n) is 6.78. The number of amides is 1. The van der Waals surface area contributed by atoms with E-state index in [1.165, 1.54) is 13.8 Å². The fraction of sp³-hybridized carbons (Fsp3) is 0.812. The maximum atomic E-state index is 12.7. The van der Waals surface area contributed by atoms with Crippen molar-refractivity contribution in [1.82, 2.24) is 5.32 Å². The summed E-state index contributed by atoms with van der Waals surface area (Å²) in [5.74, 6) is -3.48. The topological polar surface area (TPSA) is 204 Å². The molecule has 1 N–H and O–H groups in total. The van der Waals surface area contributed by atoms with Crippen LogP contribution in [0.2, 0.25) is 10.1 Å². The first-order valence-electron chi connectivity index (χ1n) is 16.3. The summed E-state index contributed by atoms with van der Waals surface area (Å²) in [6.07, 6.45) is -9.96. The number of esters is 4. The summed E-state index contributed by atoms with van der Waals surface area (Å²) in [7, 11) is -3.21. The molecule has 16 nitrogen and oxygen atoms in total. The van der Waals surface area contributed by atoms with Crippen LogP contribution in [0.1, 0.15) is 76.2 Å². The van der Waals surface area contributed by atoms with Crippen LogP contribution in [0.4, 0.5) is 0 Å². The van der Waals surface area contributed by atoms with Crippen LogP contribution in [0, 0.1) is 11.3 Å². The lowest BCUT2D eigenvalue weighted by Gasteiger charge is -2.58. The van der Waals surface area contributed by atoms with E-state index < -0.39 is 116 Å². The Bertz CT molecular complexity index is 1300. The van der Waals surface area contributed by atoms with Gasteiger partial charge >= 0.3 is 32.4 Å². The number of nitrogens with zero attached hydrogens (tertiary/aromatic N) is 1. The summed E-state index contributed by atoms with van der Waals surface area (Å²) in [5.41, 5.74) is -0.832. The predicted molar refractivity (Wildman–Crippen MR) is 177 cm³/mol. The summed E-state index contributed by atoms with van der Waals surface area (Å²) < 4.78 is 55.1. The van der Waals surface area contributed by atoms with E-state index in [0.29, 0.717) is 0 Å². The van der Waals surface area contributed by atoms with Gasteiger partial charge in [0, 0.05) is 44.7 Å². The molecule has 18 heteroatoms. The second-order valence-corrected chi connectivity index (χ2v) is 20.3. The molecule has 3 fully saturated rings. The molecule has 0 radical (unpaired) electrons. The zero-order valence-corrected chi connectivity index (χ0v) is 32.3. The Hall–Kier alpha value is -2.79. The molecule has 50 heavy (non-hydrogen) atoms. The first kappa shape index (κ1) is 41.6. The Kier molecular flexibility index (Phi) is 13.9. The number of nitriles is 1. The smallest absolute Gasteiger partial charge is 0.349 e. The van der Waals surface area contributed by atoms with E-state index in [-0.39, 0.29) is 12.4 Å². The molecule has 10 atom stereocenters. The third-order valence-corrected chi connectivity index (χ3v) is 14.5. The average Bonchev–Trinajstić information content (AvgIpc) is 2.96. The SMILES string of the molecule is CC(=O)N[C@H]1C(O[C@@H]2O[C@@H](COC(C)=O)[C@H](OC(C)=O)C(OC(C)=O)C2OC(C)=O)[C@@H]2O[Si](C(C)(C)C)(C(C)(C)C)OCC2O[C@H]1SCC#N. The average molecular weight is 747 g/mol. The molecular weight excluding hydrogens is 697 g/mol. The molecule has 3 saturated heterocycles. The van der Waals surface area contributed by atoms with Crippen molar-refractivity contribution in [2.24, 2.45) is 0 Å². The molecule has 4 unspecified atom stereocenters. The zero-order valence-electron chi connectivity index (χ0n) is 30.5. The predicted octanol–water partition coefficient (Wildman–Crippen LogP) is 2.40. The van der Waals surface area contributed by atoms with Gasteiger partial charge in [-0.25, -0.2) is 0 Å². The minimum absolute atomic E-state index is 0.00823. The summed E-state index contributed by atoms with van der Waals surface area (Å²) >= 11 is 1.13. The Morgan fingerprint density at radius 1 is 0.820 bits per heavy atom. The number of nitrogens with one attached hydrogen (secondary N) is 1. The van der Waals surface area contributed by atoms with Gasteiger partial charge in [0.05, 0.1) is 24.5 Å². The quantitative estimate of drug-likeness (QED) is 0.194. The molecule has 0 spiro atoms. The molecule has 0 aromatic carbocycles. The largest absolute Gasteiger partial charge is 0.463 e. The number of hydrogen-bond acceptors (Lipinski definition) is 16. The second-order valence-electron chi connectivity index (χ2n) is 14.4. The molecule has 0 aromatic rings. The van der Waals surface area contributed by atoms with Crippen molar-refractivity contribution in [3.05, 3.63) is 0 Å². The van der Waals surface area contributed by atoms with Crippen LogP contribution in [0.3, 0.4) is 0 Å². The van der Waals surface area contributed by atoms with Gasteiger partial charge < -0.3 is 47.3 Å². The van der Waals surface area contributed by atoms with E-state index in [2.05, 4.69) is 11.4 Å². The lowest BCUT2D eigenvalue weighted by Crippen LogP contribution is -2.74. The number of fused-ring (bicyclic) bond motifs is 1. The molecule has 0 bridgehead atoms. The van der Waals surface area contributed by atoms with Crippen molar-refractivity contribution >= 4 is 50.1 Å². The minimum Gasteiger partial charge on any atom is -0.463 e. The molecule has 3 aliphatic rings. The third kappa shape index (κ3) is 9.75. The van der Waals surface area contributed by atoms with Gasteiger partial charge in [0.15, 0.2) is 24.6 Å². The molecule has 3 rings (SSSR count). The number of thioether (sulfide) groups is 1. The third-order valence-electron chi connectivity index (χ3n) is 8.30. The lowest BCUT2D eigenvalue weighted by molar-refractivity contribution is -0.334. The molecule has 0 aliphatic carbocycles. The number of rotatable bonds is 10. The minimum atomic E-state index is -3.21. The van der Waals surface area contributed by atoms with Crippen LogP contribution < -0.4 is 5.32 Å². The van der Waals surface area contributed by atoms with E-state index in [4.69, 9.17) is 42.0 Å². The molecule has 282 valence electrons. The van der Waals surface area contributed by atoms with Gasteiger partial charge in [-0.05, 0) is 0 Å². The molecule has 3 heterocycles. The van der Waals surface area contributed by atoms with Gasteiger partial charge in [-0.15, -0.1) is 11.8 Å². The summed E-state index contributed by atoms with van der Waals surface area (Å²) in [5, 5.41) is 11.4. The van der Waals surface area contributed by atoms with E-state index in [1.54, 1.807) is 0 Å². The highest BCUT2D eigenvalue weighted by atomic mass is 32.2. The van der Waals surface area contributed by atoms with Crippen molar-refractivity contribution in [3.8, 4) is 6.07 Å². The summed E-state index contributed by atoms with van der Waals surface area (Å²) in [4.78, 5) is 61.7. The molecule has 1 amide bonds. The highest BCUT2D eigenvalue weighted by Gasteiger charge is 2.66. The Labute approximate surface area is 298 Å². The Balaban J connectivity index is 2.22. The van der Waals surface area contributed by atoms with Crippen molar-refractivity contribution < 1.29 is 66.0 Å². The normalized spacial score (nSPS) is 32.4. The second kappa shape index (κ2) is 16.7. The Morgan fingerprint density at radius 2 is 1.38 bits per heavy atom. The van der Waals surface area contributed by atoms with Gasteiger partial charge in [0.2, 0.25) is 5.91 Å². The van der Waals surface area contributed by atoms with Gasteiger partial charge in [-0.1, -0.05) is 41.5 Å². The van der Waals surface area contributed by atoms with Crippen molar-refractivity contribution in [1.29, 1.82) is 5.26 Å². The molecule has 3 aliphatic heterocycles. The Morgan fingerprint density at radius 3 is 1.88 bits per heavy atom. The number of hydrogen-bond donors (Lipinski definition) is 1. The number of carbonyl (C=O) groups excluding carboxylic acids is 5. The van der Waals surface area contributed by atoms with Crippen LogP contribution in [0.25, 0.3) is 0 Å². The van der Waals surface area contributed by atoms with Crippen molar-refractivity contribution in [2.45, 2.75) is 147 Å². The lowest BCUT2D eigenvalue weighted by atomic mass is 9.95. The van der Waals surface area contributed by atoms with Crippen molar-refractivity contribution in [2.75, 3.05) is 19.0 Å². The molecular formula is C32H50N2O14SSi. The maximum absolute atomic E-state index is 12.7. The molecule has 0 aromatic heterocycles. The standard InChI is InChI=1S/C32H50N2O14SSi/c1-16(35)34-23-26(25-22(46-30(23)49-13-12-33)15-41-50(48-25,31(6,7)8)32(9,10)11)47-29-28(44-20(5)39)27(43-19(4)38)24(42-18(3)37)21(45-29)14-40-17(2)36/h21-30H,13-15H2,1-11H3,(H,34,35)/t21-,22?,23-,24-,25+,26?,27?,28?,29-,30-/m0/s1. The summed E-state index contributed by atoms with van der Waals surface area (Å²) in [6, 6.07) is 1.12. The highest BCUT2D eigenvalue weighted by Crippen LogP contribution is 2.55. The first-order chi connectivity index (χ1) is 23.1. The maximum Gasteiger partial charge on any atom is 0.349 e. The summed E-state index contributed by atoms with van der Waals surface area (Å²) in [6.45, 7) is 17.7. The van der Waals surface area contributed by atoms with Crippen molar-refractivity contribution in [3.63, 3.8) is 0 Å². The van der Waals surface area contributed by atoms with Gasteiger partial charge in [0.1, 0.15) is 36.5 Å². The van der Waals surface area contributed by atoms with Gasteiger partial charge in [0.25, 0.3) is 0 Å². The molecule has 0 saturated carbocycles. The van der Waals surface area contributed by atoms with E-state index in [9.17, 15) is 29.2 Å². The van der Waals surface area contributed by atoms with Gasteiger partial charge in [-0.3, -0.25) is 24.0 Å². The van der Waals surface area contributed by atoms with E-state index in [0.717, 1.165) is 32.5 Å². The van der Waals surface area contributed by atoms with Crippen LogP contribution >= 0.6 is 11.8 Å². The monoisotopic (exact) mass is 746 g/mol. The first-order valence-corrected chi connectivity index (χ1v) is 19.2. The zero-order chi connectivity index (χ0) is 37.8. The van der Waals surface area contributed by atoms with Crippen LogP contribution in [0.15, 0.2) is 0 Å². The van der Waals surface area contributed by atoms with E-state index in [1.807, 2.05) is 41.5 Å². The van der Waals surface area contributed by atoms with E-state index >= 15 is 0 Å².